The minimum atomic E-state index is -0.136. The Bertz CT molecular complexity index is 1150. The second-order valence-electron chi connectivity index (χ2n) is 5.74. The predicted octanol–water partition coefficient (Wildman–Crippen LogP) is 4.07. The van der Waals surface area contributed by atoms with Gasteiger partial charge in [-0.05, 0) is 47.5 Å². The molecule has 0 radical (unpaired) electrons. The lowest BCUT2D eigenvalue weighted by Gasteiger charge is -2.11. The number of nitrogens with two attached hydrogens (primary N) is 1. The Morgan fingerprint density at radius 1 is 1.00 bits per heavy atom. The molecule has 4 N–H and O–H groups in total. The highest BCUT2D eigenvalue weighted by atomic mass is 79.9. The number of H-pyrrole nitrogens is 1. The van der Waals surface area contributed by atoms with Gasteiger partial charge in [-0.1, -0.05) is 28.1 Å². The van der Waals surface area contributed by atoms with Gasteiger partial charge in [-0.25, -0.2) is 4.98 Å². The Morgan fingerprint density at radius 3 is 2.62 bits per heavy atom. The van der Waals surface area contributed by atoms with E-state index in [0.29, 0.717) is 5.82 Å². The van der Waals surface area contributed by atoms with E-state index in [2.05, 4.69) is 36.2 Å². The molecule has 0 unspecified atom stereocenters. The van der Waals surface area contributed by atoms with Crippen molar-refractivity contribution < 1.29 is 0 Å². The summed E-state index contributed by atoms with van der Waals surface area (Å²) in [7, 11) is 0. The van der Waals surface area contributed by atoms with E-state index in [1.54, 1.807) is 12.3 Å². The number of hydrogen-bond donors (Lipinski definition) is 3. The quantitative estimate of drug-likeness (QED) is 0.475. The normalized spacial score (nSPS) is 10.8. The molecule has 128 valence electrons. The average Bonchev–Trinajstić information content (AvgIpc) is 2.62. The van der Waals surface area contributed by atoms with E-state index in [0.717, 1.165) is 32.2 Å². The minimum Gasteiger partial charge on any atom is -0.368 e. The number of hydrogen-bond acceptors (Lipinski definition) is 5. The van der Waals surface area contributed by atoms with E-state index in [1.165, 1.54) is 6.07 Å². The van der Waals surface area contributed by atoms with E-state index in [-0.39, 0.29) is 11.5 Å². The molecule has 0 bridgehead atoms. The van der Waals surface area contributed by atoms with Crippen molar-refractivity contribution >= 4 is 44.3 Å². The van der Waals surface area contributed by atoms with E-state index >= 15 is 0 Å². The third-order valence-corrected chi connectivity index (χ3v) is 4.41. The molecule has 2 aromatic carbocycles. The molecule has 6 nitrogen and oxygen atoms in total. The molecule has 2 heterocycles. The van der Waals surface area contributed by atoms with Gasteiger partial charge in [0.1, 0.15) is 5.82 Å². The van der Waals surface area contributed by atoms with Gasteiger partial charge in [-0.2, -0.15) is 4.98 Å². The van der Waals surface area contributed by atoms with Crippen molar-refractivity contribution in [3.63, 3.8) is 0 Å². The lowest BCUT2D eigenvalue weighted by molar-refractivity contribution is 1.23. The molecule has 0 spiro atoms. The van der Waals surface area contributed by atoms with Crippen LogP contribution in [0.2, 0.25) is 0 Å². The first-order valence-electron chi connectivity index (χ1n) is 7.87. The zero-order chi connectivity index (χ0) is 18.1. The standard InChI is InChI=1S/C19H14BrN5O/c20-13-2-1-3-14(9-13)23-18-15-8-11(12-5-7-17(26)22-10-12)4-6-16(15)24-19(21)25-18/h1-10H,(H,22,26)(H3,21,23,24,25). The number of halogens is 1. The molecule has 0 amide bonds. The number of anilines is 3. The van der Waals surface area contributed by atoms with Gasteiger partial charge in [0.25, 0.3) is 0 Å². The van der Waals surface area contributed by atoms with Crippen LogP contribution in [-0.2, 0) is 0 Å². The van der Waals surface area contributed by atoms with Crippen LogP contribution >= 0.6 is 15.9 Å². The molecule has 0 saturated carbocycles. The summed E-state index contributed by atoms with van der Waals surface area (Å²) in [5, 5.41) is 4.13. The third-order valence-electron chi connectivity index (χ3n) is 3.92. The van der Waals surface area contributed by atoms with Gasteiger partial charge in [0.15, 0.2) is 0 Å². The van der Waals surface area contributed by atoms with E-state index < -0.39 is 0 Å². The van der Waals surface area contributed by atoms with E-state index in [4.69, 9.17) is 5.73 Å². The summed E-state index contributed by atoms with van der Waals surface area (Å²) in [6.07, 6.45) is 1.68. The number of nitrogen functional groups attached to an aromatic ring is 1. The fourth-order valence-electron chi connectivity index (χ4n) is 2.71. The average molecular weight is 408 g/mol. The van der Waals surface area contributed by atoms with Crippen molar-refractivity contribution in [2.45, 2.75) is 0 Å². The third kappa shape index (κ3) is 3.29. The van der Waals surface area contributed by atoms with Crippen molar-refractivity contribution in [2.75, 3.05) is 11.1 Å². The lowest BCUT2D eigenvalue weighted by atomic mass is 10.1. The van der Waals surface area contributed by atoms with Crippen LogP contribution in [0.1, 0.15) is 0 Å². The Balaban J connectivity index is 1.84. The first-order chi connectivity index (χ1) is 12.6. The van der Waals surface area contributed by atoms with Crippen LogP contribution in [-0.4, -0.2) is 15.0 Å². The van der Waals surface area contributed by atoms with Crippen molar-refractivity contribution in [2.24, 2.45) is 0 Å². The van der Waals surface area contributed by atoms with Crippen molar-refractivity contribution in [3.05, 3.63) is 75.6 Å². The number of fused-ring (bicyclic) bond motifs is 1. The summed E-state index contributed by atoms with van der Waals surface area (Å²) < 4.78 is 0.961. The van der Waals surface area contributed by atoms with Gasteiger partial charge in [0.05, 0.1) is 5.52 Å². The van der Waals surface area contributed by atoms with E-state index in [9.17, 15) is 4.79 Å². The Kier molecular flexibility index (Phi) is 4.14. The lowest BCUT2D eigenvalue weighted by Crippen LogP contribution is -2.02. The smallest absolute Gasteiger partial charge is 0.247 e. The molecular weight excluding hydrogens is 394 g/mol. The molecule has 26 heavy (non-hydrogen) atoms. The van der Waals surface area contributed by atoms with Gasteiger partial charge >= 0.3 is 0 Å². The highest BCUT2D eigenvalue weighted by molar-refractivity contribution is 9.10. The second kappa shape index (κ2) is 6.61. The number of nitrogens with one attached hydrogen (secondary N) is 2. The zero-order valence-electron chi connectivity index (χ0n) is 13.5. The fourth-order valence-corrected chi connectivity index (χ4v) is 3.11. The first-order valence-corrected chi connectivity index (χ1v) is 8.67. The molecule has 0 aliphatic carbocycles. The molecule has 0 saturated heterocycles. The van der Waals surface area contributed by atoms with Crippen LogP contribution in [0.5, 0.6) is 0 Å². The van der Waals surface area contributed by atoms with Crippen molar-refractivity contribution in [3.8, 4) is 11.1 Å². The maximum atomic E-state index is 11.3. The molecule has 7 heteroatoms. The Hall–Kier alpha value is -3.19. The minimum absolute atomic E-state index is 0.136. The monoisotopic (exact) mass is 407 g/mol. The zero-order valence-corrected chi connectivity index (χ0v) is 15.1. The molecule has 0 aliphatic rings. The van der Waals surface area contributed by atoms with Crippen molar-refractivity contribution in [1.82, 2.24) is 15.0 Å². The number of benzene rings is 2. The Morgan fingerprint density at radius 2 is 1.85 bits per heavy atom. The highest BCUT2D eigenvalue weighted by Crippen LogP contribution is 2.29. The van der Waals surface area contributed by atoms with Crippen molar-refractivity contribution in [1.29, 1.82) is 0 Å². The number of aromatic amines is 1. The number of rotatable bonds is 3. The van der Waals surface area contributed by atoms with Gasteiger partial charge in [-0.3, -0.25) is 4.79 Å². The largest absolute Gasteiger partial charge is 0.368 e. The summed E-state index contributed by atoms with van der Waals surface area (Å²) in [5.41, 5.74) is 9.19. The maximum absolute atomic E-state index is 11.3. The second-order valence-corrected chi connectivity index (χ2v) is 6.65. The SMILES string of the molecule is Nc1nc(Nc2cccc(Br)c2)c2cc(-c3ccc(=O)[nH]c3)ccc2n1. The van der Waals surface area contributed by atoms with Crippen LogP contribution in [0.25, 0.3) is 22.0 Å². The molecular formula is C19H14BrN5O. The molecule has 4 aromatic rings. The fraction of sp³-hybridized carbons (Fsp3) is 0. The van der Waals surface area contributed by atoms with E-state index in [1.807, 2.05) is 42.5 Å². The van der Waals surface area contributed by atoms with Gasteiger partial charge < -0.3 is 16.0 Å². The molecule has 0 fully saturated rings. The van der Waals surface area contributed by atoms with Crippen LogP contribution < -0.4 is 16.6 Å². The van der Waals surface area contributed by atoms with Gasteiger partial charge in [0.2, 0.25) is 11.5 Å². The number of pyridine rings is 1. The first kappa shape index (κ1) is 16.3. The molecule has 0 aliphatic heterocycles. The highest BCUT2D eigenvalue weighted by Gasteiger charge is 2.09. The van der Waals surface area contributed by atoms with Crippen LogP contribution in [0.4, 0.5) is 17.5 Å². The molecule has 4 rings (SSSR count). The number of aromatic nitrogens is 3. The number of nitrogens with zero attached hydrogens (tertiary/aromatic N) is 2. The summed E-state index contributed by atoms with van der Waals surface area (Å²) in [5.74, 6) is 0.823. The topological polar surface area (TPSA) is 96.7 Å². The molecule has 0 atom stereocenters. The maximum Gasteiger partial charge on any atom is 0.247 e. The Labute approximate surface area is 157 Å². The summed E-state index contributed by atoms with van der Waals surface area (Å²) >= 11 is 3.46. The van der Waals surface area contributed by atoms with Crippen LogP contribution in [0.3, 0.4) is 0 Å². The predicted molar refractivity (Wildman–Crippen MR) is 107 cm³/mol. The summed E-state index contributed by atoms with van der Waals surface area (Å²) in [4.78, 5) is 22.6. The summed E-state index contributed by atoms with van der Waals surface area (Å²) in [6.45, 7) is 0. The van der Waals surface area contributed by atoms with Crippen LogP contribution in [0, 0.1) is 0 Å². The van der Waals surface area contributed by atoms with Gasteiger partial charge in [0, 0.05) is 27.8 Å². The molecule has 2 aromatic heterocycles. The van der Waals surface area contributed by atoms with Crippen LogP contribution in [0.15, 0.2) is 70.1 Å². The summed E-state index contributed by atoms with van der Waals surface area (Å²) in [6, 6.07) is 16.9. The van der Waals surface area contributed by atoms with Gasteiger partial charge in [-0.15, -0.1) is 0 Å².